The van der Waals surface area contributed by atoms with Gasteiger partial charge >= 0.3 is 0 Å². The number of hydrogen-bond acceptors (Lipinski definition) is 4. The monoisotopic (exact) mass is 393 g/mol. The Balaban J connectivity index is 1.50. The summed E-state index contributed by atoms with van der Waals surface area (Å²) in [5.41, 5.74) is 6.02. The van der Waals surface area contributed by atoms with Gasteiger partial charge < -0.3 is 14.9 Å². The minimum atomic E-state index is -0.197. The number of H-pyrrole nitrogens is 1. The lowest BCUT2D eigenvalue weighted by Gasteiger charge is -2.14. The van der Waals surface area contributed by atoms with Crippen LogP contribution in [-0.2, 0) is 11.3 Å². The van der Waals surface area contributed by atoms with Gasteiger partial charge in [0, 0.05) is 22.3 Å². The van der Waals surface area contributed by atoms with Gasteiger partial charge in [-0.25, -0.2) is 9.97 Å². The lowest BCUT2D eigenvalue weighted by molar-refractivity contribution is -0.122. The standard InChI is InChI=1S/C21H23N5OS/c1-12-9-16(19-11-28-15(4)23-19)14(3)26(12)10-20(27)22-13(2)21-24-17-7-5-6-8-18(17)25-21/h5-9,11,13H,10H2,1-4H3,(H,22,27)(H,24,25)/t13-/m1/s1. The molecule has 0 aliphatic heterocycles. The van der Waals surface area contributed by atoms with Crippen molar-refractivity contribution in [1.29, 1.82) is 0 Å². The zero-order valence-corrected chi connectivity index (χ0v) is 17.2. The molecule has 0 unspecified atom stereocenters. The van der Waals surface area contributed by atoms with E-state index in [-0.39, 0.29) is 18.5 Å². The van der Waals surface area contributed by atoms with Crippen molar-refractivity contribution >= 4 is 28.3 Å². The Bertz CT molecular complexity index is 1120. The smallest absolute Gasteiger partial charge is 0.240 e. The molecule has 0 spiro atoms. The summed E-state index contributed by atoms with van der Waals surface area (Å²) in [4.78, 5) is 25.1. The first-order valence-corrected chi connectivity index (χ1v) is 10.1. The molecule has 1 aromatic carbocycles. The molecule has 0 fully saturated rings. The van der Waals surface area contributed by atoms with Crippen LogP contribution in [0.4, 0.5) is 0 Å². The van der Waals surface area contributed by atoms with E-state index in [0.29, 0.717) is 0 Å². The van der Waals surface area contributed by atoms with Gasteiger partial charge in [-0.15, -0.1) is 11.3 Å². The van der Waals surface area contributed by atoms with Gasteiger partial charge in [-0.3, -0.25) is 4.79 Å². The van der Waals surface area contributed by atoms with E-state index < -0.39 is 0 Å². The normalized spacial score (nSPS) is 12.4. The zero-order valence-electron chi connectivity index (χ0n) is 16.4. The molecular weight excluding hydrogens is 370 g/mol. The van der Waals surface area contributed by atoms with Crippen LogP contribution in [0.5, 0.6) is 0 Å². The molecular formula is C21H23N5OS. The number of nitrogens with zero attached hydrogens (tertiary/aromatic N) is 3. The van der Waals surface area contributed by atoms with Gasteiger partial charge in [-0.05, 0) is 45.9 Å². The van der Waals surface area contributed by atoms with E-state index in [0.717, 1.165) is 44.5 Å². The largest absolute Gasteiger partial charge is 0.345 e. The molecule has 0 aliphatic rings. The van der Waals surface area contributed by atoms with Crippen molar-refractivity contribution in [2.24, 2.45) is 0 Å². The number of aromatic nitrogens is 4. The molecule has 2 N–H and O–H groups in total. The van der Waals surface area contributed by atoms with Crippen molar-refractivity contribution in [2.45, 2.75) is 40.3 Å². The van der Waals surface area contributed by atoms with Gasteiger partial charge in [0.2, 0.25) is 5.91 Å². The predicted molar refractivity (Wildman–Crippen MR) is 112 cm³/mol. The minimum Gasteiger partial charge on any atom is -0.345 e. The number of benzene rings is 1. The number of hydrogen-bond donors (Lipinski definition) is 2. The zero-order chi connectivity index (χ0) is 19.8. The molecule has 3 aromatic heterocycles. The lowest BCUT2D eigenvalue weighted by atomic mass is 10.2. The molecule has 7 heteroatoms. The van der Waals surface area contributed by atoms with Crippen LogP contribution >= 0.6 is 11.3 Å². The first-order chi connectivity index (χ1) is 13.4. The molecule has 0 saturated carbocycles. The minimum absolute atomic E-state index is 0.0456. The van der Waals surface area contributed by atoms with E-state index in [2.05, 4.69) is 31.7 Å². The third kappa shape index (κ3) is 3.45. The number of carbonyl (C=O) groups is 1. The fraction of sp³-hybridized carbons (Fsp3) is 0.286. The van der Waals surface area contributed by atoms with Crippen LogP contribution in [0, 0.1) is 20.8 Å². The van der Waals surface area contributed by atoms with E-state index in [4.69, 9.17) is 0 Å². The third-order valence-electron chi connectivity index (χ3n) is 4.97. The van der Waals surface area contributed by atoms with Gasteiger partial charge in [0.1, 0.15) is 12.4 Å². The highest BCUT2D eigenvalue weighted by Crippen LogP contribution is 2.28. The fourth-order valence-corrected chi connectivity index (χ4v) is 4.08. The number of fused-ring (bicyclic) bond motifs is 1. The van der Waals surface area contributed by atoms with Crippen LogP contribution in [0.25, 0.3) is 22.3 Å². The van der Waals surface area contributed by atoms with Crippen molar-refractivity contribution in [3.05, 3.63) is 57.9 Å². The Labute approximate surface area is 167 Å². The summed E-state index contributed by atoms with van der Waals surface area (Å²) in [6.07, 6.45) is 0. The molecule has 1 amide bonds. The molecule has 4 rings (SSSR count). The summed E-state index contributed by atoms with van der Waals surface area (Å²) in [6.45, 7) is 8.26. The van der Waals surface area contributed by atoms with Crippen LogP contribution in [0.3, 0.4) is 0 Å². The number of para-hydroxylation sites is 2. The van der Waals surface area contributed by atoms with Gasteiger partial charge in [0.25, 0.3) is 0 Å². The van der Waals surface area contributed by atoms with Crippen LogP contribution in [0.15, 0.2) is 35.7 Å². The Morgan fingerprint density at radius 2 is 2.04 bits per heavy atom. The lowest BCUT2D eigenvalue weighted by Crippen LogP contribution is -2.31. The van der Waals surface area contributed by atoms with Crippen molar-refractivity contribution in [3.8, 4) is 11.3 Å². The second-order valence-corrected chi connectivity index (χ2v) is 8.11. The second-order valence-electron chi connectivity index (χ2n) is 7.05. The Morgan fingerprint density at radius 3 is 2.75 bits per heavy atom. The van der Waals surface area contributed by atoms with Crippen molar-refractivity contribution in [2.75, 3.05) is 0 Å². The Morgan fingerprint density at radius 1 is 1.25 bits per heavy atom. The SMILES string of the molecule is Cc1nc(-c2cc(C)n(CC(=O)N[C@H](C)c3nc4ccccc4[nH]3)c2C)cs1. The number of carbonyl (C=O) groups excluding carboxylic acids is 1. The summed E-state index contributed by atoms with van der Waals surface area (Å²) in [5, 5.41) is 6.15. The highest BCUT2D eigenvalue weighted by molar-refractivity contribution is 7.09. The van der Waals surface area contributed by atoms with Gasteiger partial charge in [0.05, 0.1) is 27.8 Å². The molecule has 0 saturated heterocycles. The number of amides is 1. The molecule has 0 radical (unpaired) electrons. The summed E-state index contributed by atoms with van der Waals surface area (Å²) >= 11 is 1.63. The number of rotatable bonds is 5. The summed E-state index contributed by atoms with van der Waals surface area (Å²) in [5.74, 6) is 0.713. The first-order valence-electron chi connectivity index (χ1n) is 9.25. The summed E-state index contributed by atoms with van der Waals surface area (Å²) in [7, 11) is 0. The van der Waals surface area contributed by atoms with Crippen LogP contribution in [0.2, 0.25) is 0 Å². The average molecular weight is 394 g/mol. The molecule has 4 aromatic rings. The maximum atomic E-state index is 12.7. The fourth-order valence-electron chi connectivity index (χ4n) is 3.47. The van der Waals surface area contributed by atoms with E-state index in [1.54, 1.807) is 11.3 Å². The molecule has 3 heterocycles. The number of nitrogens with one attached hydrogen (secondary N) is 2. The second kappa shape index (κ2) is 7.24. The maximum absolute atomic E-state index is 12.7. The molecule has 0 aliphatic carbocycles. The summed E-state index contributed by atoms with van der Waals surface area (Å²) in [6, 6.07) is 9.76. The molecule has 6 nitrogen and oxygen atoms in total. The van der Waals surface area contributed by atoms with Gasteiger partial charge in [0.15, 0.2) is 0 Å². The van der Waals surface area contributed by atoms with Crippen LogP contribution in [-0.4, -0.2) is 25.4 Å². The third-order valence-corrected chi connectivity index (χ3v) is 5.74. The maximum Gasteiger partial charge on any atom is 0.240 e. The predicted octanol–water partition coefficient (Wildman–Crippen LogP) is 4.29. The van der Waals surface area contributed by atoms with E-state index in [1.165, 1.54) is 0 Å². The van der Waals surface area contributed by atoms with Crippen molar-refractivity contribution in [3.63, 3.8) is 0 Å². The van der Waals surface area contributed by atoms with E-state index in [1.807, 2.05) is 56.5 Å². The van der Waals surface area contributed by atoms with Gasteiger partial charge in [-0.1, -0.05) is 12.1 Å². The molecule has 0 bridgehead atoms. The topological polar surface area (TPSA) is 75.6 Å². The first kappa shape index (κ1) is 18.4. The molecule has 1 atom stereocenters. The number of aryl methyl sites for hydroxylation is 2. The molecule has 144 valence electrons. The Kier molecular flexibility index (Phi) is 4.77. The quantitative estimate of drug-likeness (QED) is 0.531. The number of thiazole rings is 1. The highest BCUT2D eigenvalue weighted by Gasteiger charge is 2.17. The average Bonchev–Trinajstić information content (AvgIpc) is 3.35. The number of aromatic amines is 1. The highest BCUT2D eigenvalue weighted by atomic mass is 32.1. The summed E-state index contributed by atoms with van der Waals surface area (Å²) < 4.78 is 2.03. The van der Waals surface area contributed by atoms with E-state index >= 15 is 0 Å². The Hall–Kier alpha value is -2.93. The van der Waals surface area contributed by atoms with Crippen molar-refractivity contribution in [1.82, 2.24) is 24.8 Å². The van der Waals surface area contributed by atoms with Crippen LogP contribution in [0.1, 0.15) is 35.2 Å². The molecule has 28 heavy (non-hydrogen) atoms. The van der Waals surface area contributed by atoms with Crippen LogP contribution < -0.4 is 5.32 Å². The van der Waals surface area contributed by atoms with E-state index in [9.17, 15) is 4.79 Å². The van der Waals surface area contributed by atoms with Gasteiger partial charge in [-0.2, -0.15) is 0 Å². The van der Waals surface area contributed by atoms with Crippen molar-refractivity contribution < 1.29 is 4.79 Å². The number of imidazole rings is 1.